The van der Waals surface area contributed by atoms with Crippen molar-refractivity contribution < 1.29 is 0 Å². The lowest BCUT2D eigenvalue weighted by Crippen LogP contribution is -2.31. The van der Waals surface area contributed by atoms with E-state index in [1.54, 1.807) is 12.1 Å². The van der Waals surface area contributed by atoms with E-state index in [4.69, 9.17) is 11.6 Å². The zero-order valence-electron chi connectivity index (χ0n) is 13.1. The molecule has 0 aliphatic rings. The minimum absolute atomic E-state index is 0.142. The zero-order chi connectivity index (χ0) is 16.1. The molecule has 22 heavy (non-hydrogen) atoms. The zero-order valence-corrected chi connectivity index (χ0v) is 13.1. The van der Waals surface area contributed by atoms with E-state index in [-0.39, 0.29) is 5.95 Å². The van der Waals surface area contributed by atoms with E-state index in [0.717, 1.165) is 13.1 Å². The Labute approximate surface area is 128 Å². The van der Waals surface area contributed by atoms with Gasteiger partial charge in [0.2, 0.25) is 17.8 Å². The van der Waals surface area contributed by atoms with Crippen LogP contribution in [0.25, 0.3) is 5.78 Å². The highest BCUT2D eigenvalue weighted by Crippen LogP contribution is 2.10. The summed E-state index contributed by atoms with van der Waals surface area (Å²) in [7, 11) is 5.79. The SMILES string of the molecule is CN(C)CCNc1nc2nc(N)nc(NCCN(C)N)n2n1. The minimum Gasteiger partial charge on any atom is -0.368 e. The molecule has 11 nitrogen and oxygen atoms in total. The van der Waals surface area contributed by atoms with Crippen LogP contribution in [0.2, 0.25) is 0 Å². The summed E-state index contributed by atoms with van der Waals surface area (Å²) in [6.07, 6.45) is 0. The van der Waals surface area contributed by atoms with Gasteiger partial charge >= 0.3 is 0 Å². The fourth-order valence-electron chi connectivity index (χ4n) is 1.73. The molecule has 0 amide bonds. The van der Waals surface area contributed by atoms with Crippen LogP contribution in [0.5, 0.6) is 0 Å². The van der Waals surface area contributed by atoms with Crippen molar-refractivity contribution in [2.75, 3.05) is 63.7 Å². The lowest BCUT2D eigenvalue weighted by atomic mass is 10.6. The Kier molecular flexibility index (Phi) is 5.25. The summed E-state index contributed by atoms with van der Waals surface area (Å²) in [5, 5.41) is 12.2. The summed E-state index contributed by atoms with van der Waals surface area (Å²) in [6, 6.07) is 0. The molecule has 0 saturated heterocycles. The molecule has 0 aliphatic carbocycles. The number of hydrogen-bond donors (Lipinski definition) is 4. The number of nitrogen functional groups attached to an aromatic ring is 1. The van der Waals surface area contributed by atoms with E-state index in [9.17, 15) is 0 Å². The third-order valence-corrected chi connectivity index (χ3v) is 2.82. The average Bonchev–Trinajstić information content (AvgIpc) is 2.80. The molecule has 0 unspecified atom stereocenters. The Hall–Kier alpha value is -2.24. The van der Waals surface area contributed by atoms with E-state index in [1.165, 1.54) is 4.52 Å². The molecule has 6 N–H and O–H groups in total. The van der Waals surface area contributed by atoms with Gasteiger partial charge in [-0.2, -0.15) is 19.5 Å². The van der Waals surface area contributed by atoms with Crippen molar-refractivity contribution in [3.05, 3.63) is 0 Å². The number of nitrogens with zero attached hydrogens (tertiary/aromatic N) is 7. The Bertz CT molecular complexity index is 605. The monoisotopic (exact) mass is 309 g/mol. The first-order chi connectivity index (χ1) is 10.5. The molecule has 0 aromatic carbocycles. The molecular weight excluding hydrogens is 286 g/mol. The number of nitrogens with one attached hydrogen (secondary N) is 2. The van der Waals surface area contributed by atoms with E-state index in [0.29, 0.717) is 30.8 Å². The number of anilines is 3. The molecule has 2 aromatic rings. The first kappa shape index (κ1) is 16.1. The number of fused-ring (bicyclic) bond motifs is 1. The van der Waals surface area contributed by atoms with Crippen molar-refractivity contribution in [1.29, 1.82) is 0 Å². The molecule has 0 bridgehead atoms. The maximum atomic E-state index is 5.70. The minimum atomic E-state index is 0.142. The van der Waals surface area contributed by atoms with E-state index in [1.807, 2.05) is 14.1 Å². The van der Waals surface area contributed by atoms with Gasteiger partial charge in [0.1, 0.15) is 0 Å². The Morgan fingerprint density at radius 1 is 1.05 bits per heavy atom. The third kappa shape index (κ3) is 4.38. The van der Waals surface area contributed by atoms with Gasteiger partial charge in [-0.3, -0.25) is 5.84 Å². The molecule has 0 radical (unpaired) electrons. The van der Waals surface area contributed by atoms with Crippen LogP contribution < -0.4 is 22.2 Å². The van der Waals surface area contributed by atoms with Crippen molar-refractivity contribution in [2.24, 2.45) is 5.84 Å². The molecule has 2 rings (SSSR count). The van der Waals surface area contributed by atoms with Gasteiger partial charge in [0.15, 0.2) is 0 Å². The summed E-state index contributed by atoms with van der Waals surface area (Å²) >= 11 is 0. The highest BCUT2D eigenvalue weighted by Gasteiger charge is 2.11. The maximum absolute atomic E-state index is 5.70. The quantitative estimate of drug-likeness (QED) is 0.329. The fraction of sp³-hybridized carbons (Fsp3) is 0.636. The fourth-order valence-corrected chi connectivity index (χ4v) is 1.73. The average molecular weight is 309 g/mol. The van der Waals surface area contributed by atoms with Crippen molar-refractivity contribution in [2.45, 2.75) is 0 Å². The molecule has 0 atom stereocenters. The topological polar surface area (TPSA) is 139 Å². The van der Waals surface area contributed by atoms with Crippen molar-refractivity contribution in [3.8, 4) is 0 Å². The summed E-state index contributed by atoms with van der Waals surface area (Å²) < 4.78 is 1.52. The lowest BCUT2D eigenvalue weighted by Gasteiger charge is -2.11. The Balaban J connectivity index is 2.12. The largest absolute Gasteiger partial charge is 0.368 e. The highest BCUT2D eigenvalue weighted by atomic mass is 15.4. The molecule has 2 heterocycles. The Morgan fingerprint density at radius 2 is 1.77 bits per heavy atom. The van der Waals surface area contributed by atoms with Crippen LogP contribution in [-0.4, -0.2) is 81.8 Å². The second kappa shape index (κ2) is 7.15. The first-order valence-corrected chi connectivity index (χ1v) is 6.94. The smallest absolute Gasteiger partial charge is 0.260 e. The molecule has 11 heteroatoms. The highest BCUT2D eigenvalue weighted by molar-refractivity contribution is 5.46. The van der Waals surface area contributed by atoms with Crippen LogP contribution in [-0.2, 0) is 0 Å². The van der Waals surface area contributed by atoms with Crippen LogP contribution >= 0.6 is 0 Å². The summed E-state index contributed by atoms with van der Waals surface area (Å²) in [4.78, 5) is 14.6. The van der Waals surface area contributed by atoms with E-state index >= 15 is 0 Å². The van der Waals surface area contributed by atoms with Gasteiger partial charge in [-0.1, -0.05) is 0 Å². The predicted octanol–water partition coefficient (Wildman–Crippen LogP) is -1.71. The number of hydrazine groups is 1. The molecule has 2 aromatic heterocycles. The van der Waals surface area contributed by atoms with Crippen molar-refractivity contribution >= 4 is 23.6 Å². The van der Waals surface area contributed by atoms with Crippen molar-refractivity contribution in [1.82, 2.24) is 34.5 Å². The molecule has 0 spiro atoms. The van der Waals surface area contributed by atoms with Crippen LogP contribution in [0.1, 0.15) is 0 Å². The molecule has 0 fully saturated rings. The molecule has 0 saturated carbocycles. The van der Waals surface area contributed by atoms with Crippen molar-refractivity contribution in [3.63, 3.8) is 0 Å². The van der Waals surface area contributed by atoms with Gasteiger partial charge in [-0.05, 0) is 14.1 Å². The normalized spacial score (nSPS) is 11.5. The summed E-state index contributed by atoms with van der Waals surface area (Å²) in [5.74, 6) is 7.07. The molecule has 0 aliphatic heterocycles. The molecule has 122 valence electrons. The van der Waals surface area contributed by atoms with E-state index in [2.05, 4.69) is 35.6 Å². The van der Waals surface area contributed by atoms with Gasteiger partial charge < -0.3 is 21.3 Å². The number of rotatable bonds is 8. The standard InChI is InChI=1S/C11H23N11/c1-20(2)6-4-14-9-18-11-17-8(12)16-10(22(11)19-9)15-5-7-21(3)13/h4-7,13H2,1-3H3,(H4,12,14,15,16,17,18,19). The van der Waals surface area contributed by atoms with Gasteiger partial charge in [-0.25, -0.2) is 5.01 Å². The number of likely N-dealkylation sites (N-methyl/N-ethyl adjacent to an activating group) is 2. The predicted molar refractivity (Wildman–Crippen MR) is 85.3 cm³/mol. The van der Waals surface area contributed by atoms with Gasteiger partial charge in [0.25, 0.3) is 5.78 Å². The third-order valence-electron chi connectivity index (χ3n) is 2.82. The van der Waals surface area contributed by atoms with Crippen LogP contribution in [0.4, 0.5) is 17.8 Å². The Morgan fingerprint density at radius 3 is 2.45 bits per heavy atom. The number of hydrogen-bond acceptors (Lipinski definition) is 10. The number of aromatic nitrogens is 5. The molecular formula is C11H23N11. The maximum Gasteiger partial charge on any atom is 0.260 e. The first-order valence-electron chi connectivity index (χ1n) is 6.94. The van der Waals surface area contributed by atoms with Gasteiger partial charge in [0.05, 0.1) is 0 Å². The number of nitrogens with two attached hydrogens (primary N) is 2. The van der Waals surface area contributed by atoms with Gasteiger partial charge in [-0.15, -0.1) is 5.10 Å². The van der Waals surface area contributed by atoms with Gasteiger partial charge in [0, 0.05) is 33.2 Å². The van der Waals surface area contributed by atoms with Crippen LogP contribution in [0.15, 0.2) is 0 Å². The summed E-state index contributed by atoms with van der Waals surface area (Å²) in [6.45, 7) is 2.85. The second-order valence-electron chi connectivity index (χ2n) is 5.19. The van der Waals surface area contributed by atoms with Crippen LogP contribution in [0.3, 0.4) is 0 Å². The summed E-state index contributed by atoms with van der Waals surface area (Å²) in [5.41, 5.74) is 5.70. The lowest BCUT2D eigenvalue weighted by molar-refractivity contribution is 0.363. The second-order valence-corrected chi connectivity index (χ2v) is 5.19. The van der Waals surface area contributed by atoms with E-state index < -0.39 is 0 Å². The van der Waals surface area contributed by atoms with Crippen LogP contribution in [0, 0.1) is 0 Å².